The van der Waals surface area contributed by atoms with Crippen LogP contribution in [0.5, 0.6) is 11.6 Å². The van der Waals surface area contributed by atoms with E-state index in [0.29, 0.717) is 35.1 Å². The van der Waals surface area contributed by atoms with E-state index in [4.69, 9.17) is 17.3 Å². The molecule has 1 saturated heterocycles. The average Bonchev–Trinajstić information content (AvgIpc) is 3.21. The predicted molar refractivity (Wildman–Crippen MR) is 118 cm³/mol. The van der Waals surface area contributed by atoms with E-state index >= 15 is 0 Å². The van der Waals surface area contributed by atoms with Gasteiger partial charge in [-0.3, -0.25) is 9.36 Å². The number of carbonyl (C=O) groups excluding carboxylic acids is 1. The maximum absolute atomic E-state index is 13.4. The van der Waals surface area contributed by atoms with Crippen molar-refractivity contribution in [3.63, 3.8) is 0 Å². The van der Waals surface area contributed by atoms with Crippen molar-refractivity contribution in [2.75, 3.05) is 6.61 Å². The molecule has 4 aromatic rings. The van der Waals surface area contributed by atoms with Gasteiger partial charge in [0.1, 0.15) is 19.8 Å². The number of benzene rings is 2. The number of nitrogens with zero attached hydrogens (tertiary/aromatic N) is 3. The van der Waals surface area contributed by atoms with E-state index in [1.54, 1.807) is 42.6 Å². The molecule has 0 N–H and O–H groups in total. The summed E-state index contributed by atoms with van der Waals surface area (Å²) in [5.74, 6) is 1.11. The number of ether oxygens (including phenoxy) is 2. The molecule has 2 aromatic heterocycles. The summed E-state index contributed by atoms with van der Waals surface area (Å²) >= 11 is 0. The van der Waals surface area contributed by atoms with Crippen molar-refractivity contribution >= 4 is 30.1 Å². The van der Waals surface area contributed by atoms with Gasteiger partial charge >= 0.3 is 0 Å². The molecule has 6 nitrogen and oxygen atoms in total. The SMILES string of the molecule is [B]c1cccnc1Oc1ccc(C(=O)c2nc3ccccc3n2C2CCCCO2)cc1. The fraction of sp³-hybridized carbons (Fsp3) is 0.208. The van der Waals surface area contributed by atoms with Crippen LogP contribution < -0.4 is 10.2 Å². The highest BCUT2D eigenvalue weighted by Crippen LogP contribution is 2.30. The van der Waals surface area contributed by atoms with E-state index in [1.165, 1.54) is 0 Å². The Labute approximate surface area is 181 Å². The van der Waals surface area contributed by atoms with Gasteiger partial charge in [-0.15, -0.1) is 0 Å². The van der Waals surface area contributed by atoms with Gasteiger partial charge in [0.15, 0.2) is 5.82 Å². The normalized spacial score (nSPS) is 16.3. The summed E-state index contributed by atoms with van der Waals surface area (Å²) in [6.45, 7) is 0.688. The summed E-state index contributed by atoms with van der Waals surface area (Å²) in [6, 6.07) is 18.1. The Morgan fingerprint density at radius 3 is 2.68 bits per heavy atom. The number of imidazole rings is 1. The van der Waals surface area contributed by atoms with Crippen LogP contribution in [0.4, 0.5) is 0 Å². The number of para-hydroxylation sites is 2. The summed E-state index contributed by atoms with van der Waals surface area (Å²) in [5.41, 5.74) is 2.66. The van der Waals surface area contributed by atoms with Crippen molar-refractivity contribution in [1.82, 2.24) is 14.5 Å². The highest BCUT2D eigenvalue weighted by Gasteiger charge is 2.26. The fourth-order valence-corrected chi connectivity index (χ4v) is 3.83. The molecule has 1 aliphatic heterocycles. The predicted octanol–water partition coefficient (Wildman–Crippen LogP) is 3.95. The Bertz CT molecular complexity index is 1230. The molecule has 0 amide bonds. The van der Waals surface area contributed by atoms with Crippen LogP contribution in [0.2, 0.25) is 0 Å². The van der Waals surface area contributed by atoms with E-state index in [9.17, 15) is 4.79 Å². The molecule has 2 radical (unpaired) electrons. The minimum absolute atomic E-state index is 0.158. The van der Waals surface area contributed by atoms with Gasteiger partial charge in [-0.1, -0.05) is 18.2 Å². The number of pyridine rings is 1. The molecule has 1 unspecified atom stereocenters. The zero-order valence-corrected chi connectivity index (χ0v) is 16.9. The summed E-state index contributed by atoms with van der Waals surface area (Å²) in [6.07, 6.45) is 4.39. The van der Waals surface area contributed by atoms with Gasteiger partial charge in [-0.05, 0) is 67.2 Å². The second-order valence-corrected chi connectivity index (χ2v) is 7.47. The van der Waals surface area contributed by atoms with Crippen LogP contribution in [0.25, 0.3) is 11.0 Å². The van der Waals surface area contributed by atoms with Gasteiger partial charge in [0, 0.05) is 18.4 Å². The number of hydrogen-bond acceptors (Lipinski definition) is 5. The van der Waals surface area contributed by atoms with Gasteiger partial charge in [0.05, 0.1) is 11.0 Å². The van der Waals surface area contributed by atoms with E-state index in [-0.39, 0.29) is 12.0 Å². The summed E-state index contributed by atoms with van der Waals surface area (Å²) < 4.78 is 13.7. The number of carbonyl (C=O) groups is 1. The standard InChI is InChI=1S/C24H20BN3O3/c25-18-6-5-14-26-24(18)31-17-12-10-16(11-13-17)22(29)23-27-19-7-1-2-8-20(19)28(23)21-9-3-4-15-30-21/h1-2,5-8,10-14,21H,3-4,9,15H2. The third-order valence-electron chi connectivity index (χ3n) is 5.37. The van der Waals surface area contributed by atoms with Gasteiger partial charge in [-0.25, -0.2) is 9.97 Å². The minimum atomic E-state index is -0.185. The quantitative estimate of drug-likeness (QED) is 0.369. The first-order chi connectivity index (χ1) is 15.2. The van der Waals surface area contributed by atoms with Gasteiger partial charge in [-0.2, -0.15) is 0 Å². The first-order valence-corrected chi connectivity index (χ1v) is 10.3. The topological polar surface area (TPSA) is 66.2 Å². The monoisotopic (exact) mass is 409 g/mol. The molecule has 3 heterocycles. The van der Waals surface area contributed by atoms with E-state index < -0.39 is 0 Å². The number of ketones is 1. The third-order valence-corrected chi connectivity index (χ3v) is 5.37. The highest BCUT2D eigenvalue weighted by molar-refractivity contribution is 6.33. The van der Waals surface area contributed by atoms with Crippen LogP contribution in [-0.4, -0.2) is 34.8 Å². The number of rotatable bonds is 5. The zero-order valence-electron chi connectivity index (χ0n) is 16.9. The molecular weight excluding hydrogens is 389 g/mol. The molecule has 0 saturated carbocycles. The lowest BCUT2D eigenvalue weighted by molar-refractivity contribution is -0.0304. The Morgan fingerprint density at radius 2 is 1.90 bits per heavy atom. The maximum atomic E-state index is 13.4. The Kier molecular flexibility index (Phi) is 5.26. The lowest BCUT2D eigenvalue weighted by Gasteiger charge is -2.25. The van der Waals surface area contributed by atoms with Gasteiger partial charge in [0.2, 0.25) is 11.7 Å². The van der Waals surface area contributed by atoms with Crippen LogP contribution in [0.3, 0.4) is 0 Å². The fourth-order valence-electron chi connectivity index (χ4n) is 3.83. The molecule has 1 atom stereocenters. The van der Waals surface area contributed by atoms with Crippen molar-refractivity contribution in [3.05, 3.63) is 78.2 Å². The van der Waals surface area contributed by atoms with Crippen molar-refractivity contribution in [2.45, 2.75) is 25.5 Å². The molecule has 0 bridgehead atoms. The highest BCUT2D eigenvalue weighted by atomic mass is 16.5. The molecule has 0 spiro atoms. The van der Waals surface area contributed by atoms with E-state index in [0.717, 1.165) is 30.3 Å². The molecule has 0 aliphatic carbocycles. The molecular formula is C24H20BN3O3. The van der Waals surface area contributed by atoms with Crippen LogP contribution in [0.1, 0.15) is 41.7 Å². The van der Waals surface area contributed by atoms with Gasteiger partial charge < -0.3 is 9.47 Å². The minimum Gasteiger partial charge on any atom is -0.440 e. The maximum Gasteiger partial charge on any atom is 0.228 e. The van der Waals surface area contributed by atoms with E-state index in [2.05, 4.69) is 9.97 Å². The molecule has 1 aliphatic rings. The number of hydrogen-bond donors (Lipinski definition) is 0. The van der Waals surface area contributed by atoms with Crippen LogP contribution >= 0.6 is 0 Å². The molecule has 5 rings (SSSR count). The molecule has 1 fully saturated rings. The summed E-state index contributed by atoms with van der Waals surface area (Å²) in [4.78, 5) is 22.2. The zero-order chi connectivity index (χ0) is 21.2. The van der Waals surface area contributed by atoms with Crippen molar-refractivity contribution < 1.29 is 14.3 Å². The molecule has 7 heteroatoms. The number of fused-ring (bicyclic) bond motifs is 1. The molecule has 152 valence electrons. The average molecular weight is 409 g/mol. The summed E-state index contributed by atoms with van der Waals surface area (Å²) in [5, 5.41) is 0. The first-order valence-electron chi connectivity index (χ1n) is 10.3. The Balaban J connectivity index is 1.46. The second-order valence-electron chi connectivity index (χ2n) is 7.47. The third kappa shape index (κ3) is 3.84. The number of aromatic nitrogens is 3. The van der Waals surface area contributed by atoms with Crippen LogP contribution in [0.15, 0.2) is 66.9 Å². The smallest absolute Gasteiger partial charge is 0.228 e. The van der Waals surface area contributed by atoms with Crippen LogP contribution in [0, 0.1) is 0 Å². The van der Waals surface area contributed by atoms with Crippen molar-refractivity contribution in [1.29, 1.82) is 0 Å². The molecule has 31 heavy (non-hydrogen) atoms. The first kappa shape index (κ1) is 19.5. The van der Waals surface area contributed by atoms with Crippen LogP contribution in [-0.2, 0) is 4.74 Å². The van der Waals surface area contributed by atoms with Crippen molar-refractivity contribution in [2.24, 2.45) is 0 Å². The van der Waals surface area contributed by atoms with E-state index in [1.807, 2.05) is 28.8 Å². The second kappa shape index (κ2) is 8.36. The Hall–Kier alpha value is -3.45. The lowest BCUT2D eigenvalue weighted by Crippen LogP contribution is -2.22. The van der Waals surface area contributed by atoms with Crippen molar-refractivity contribution in [3.8, 4) is 11.6 Å². The Morgan fingerprint density at radius 1 is 1.06 bits per heavy atom. The summed E-state index contributed by atoms with van der Waals surface area (Å²) in [7, 11) is 5.88. The van der Waals surface area contributed by atoms with Gasteiger partial charge in [0.25, 0.3) is 0 Å². The molecule has 2 aromatic carbocycles. The lowest BCUT2D eigenvalue weighted by atomic mass is 9.98. The largest absolute Gasteiger partial charge is 0.440 e.